The molecule has 0 aromatic heterocycles. The van der Waals surface area contributed by atoms with Crippen LogP contribution in [0.2, 0.25) is 0 Å². The SMILES string of the molecule is COc1ccc(C2COc3c(ccc(OC(C)=O)c3C)C2O)cc1OC. The van der Waals surface area contributed by atoms with Crippen molar-refractivity contribution >= 4 is 5.97 Å². The fraction of sp³-hybridized carbons (Fsp3) is 0.350. The standard InChI is InChI=1S/C20H22O6/c1-11-16(26-12(2)21)8-6-14-19(22)15(10-25-20(11)14)13-5-7-17(23-3)18(9-13)24-4/h5-9,15,19,22H,10H2,1-4H3. The second-order valence-corrected chi connectivity index (χ2v) is 6.18. The minimum absolute atomic E-state index is 0.249. The van der Waals surface area contributed by atoms with Crippen molar-refractivity contribution in [2.24, 2.45) is 0 Å². The van der Waals surface area contributed by atoms with Crippen LogP contribution in [0.25, 0.3) is 0 Å². The van der Waals surface area contributed by atoms with Crippen molar-refractivity contribution in [2.75, 3.05) is 20.8 Å². The molecule has 1 N–H and O–H groups in total. The van der Waals surface area contributed by atoms with Gasteiger partial charge in [0.15, 0.2) is 11.5 Å². The van der Waals surface area contributed by atoms with Gasteiger partial charge < -0.3 is 24.1 Å². The average molecular weight is 358 g/mol. The third-order valence-corrected chi connectivity index (χ3v) is 4.58. The number of aliphatic hydroxyl groups excluding tert-OH is 1. The van der Waals surface area contributed by atoms with Crippen LogP contribution in [0.5, 0.6) is 23.0 Å². The van der Waals surface area contributed by atoms with Gasteiger partial charge in [-0.2, -0.15) is 0 Å². The fourth-order valence-electron chi connectivity index (χ4n) is 3.23. The zero-order valence-corrected chi connectivity index (χ0v) is 15.2. The van der Waals surface area contributed by atoms with Crippen LogP contribution in [0.1, 0.15) is 35.6 Å². The number of carbonyl (C=O) groups is 1. The summed E-state index contributed by atoms with van der Waals surface area (Å²) in [6, 6.07) is 8.97. The Morgan fingerprint density at radius 2 is 1.81 bits per heavy atom. The number of hydrogen-bond donors (Lipinski definition) is 1. The highest BCUT2D eigenvalue weighted by Crippen LogP contribution is 2.45. The van der Waals surface area contributed by atoms with Crippen LogP contribution in [0.3, 0.4) is 0 Å². The Hall–Kier alpha value is -2.73. The van der Waals surface area contributed by atoms with Gasteiger partial charge in [-0.15, -0.1) is 0 Å². The highest BCUT2D eigenvalue weighted by Gasteiger charge is 2.33. The van der Waals surface area contributed by atoms with Crippen molar-refractivity contribution in [1.82, 2.24) is 0 Å². The summed E-state index contributed by atoms with van der Waals surface area (Å²) in [6.07, 6.45) is -0.748. The number of esters is 1. The summed E-state index contributed by atoms with van der Waals surface area (Å²) in [5, 5.41) is 10.9. The zero-order chi connectivity index (χ0) is 18.8. The van der Waals surface area contributed by atoms with E-state index in [9.17, 15) is 9.90 Å². The Morgan fingerprint density at radius 3 is 2.46 bits per heavy atom. The number of methoxy groups -OCH3 is 2. The molecular formula is C20H22O6. The Labute approximate surface area is 152 Å². The van der Waals surface area contributed by atoms with Gasteiger partial charge in [-0.1, -0.05) is 6.07 Å². The van der Waals surface area contributed by atoms with E-state index in [2.05, 4.69) is 0 Å². The third-order valence-electron chi connectivity index (χ3n) is 4.58. The van der Waals surface area contributed by atoms with E-state index in [1.165, 1.54) is 6.92 Å². The fourth-order valence-corrected chi connectivity index (χ4v) is 3.23. The number of rotatable bonds is 4. The predicted molar refractivity (Wildman–Crippen MR) is 95.2 cm³/mol. The molecule has 1 aliphatic heterocycles. The second kappa shape index (κ2) is 7.25. The van der Waals surface area contributed by atoms with E-state index in [4.69, 9.17) is 18.9 Å². The van der Waals surface area contributed by atoms with E-state index in [0.717, 1.165) is 5.56 Å². The maximum Gasteiger partial charge on any atom is 0.308 e. The summed E-state index contributed by atoms with van der Waals surface area (Å²) < 4.78 is 21.7. The van der Waals surface area contributed by atoms with Crippen LogP contribution in [0, 0.1) is 6.92 Å². The van der Waals surface area contributed by atoms with Crippen molar-refractivity contribution in [1.29, 1.82) is 0 Å². The Balaban J connectivity index is 1.94. The van der Waals surface area contributed by atoms with Gasteiger partial charge in [0.2, 0.25) is 0 Å². The topological polar surface area (TPSA) is 74.2 Å². The van der Waals surface area contributed by atoms with Gasteiger partial charge in [0.05, 0.1) is 26.9 Å². The molecule has 26 heavy (non-hydrogen) atoms. The highest BCUT2D eigenvalue weighted by atomic mass is 16.5. The van der Waals surface area contributed by atoms with E-state index in [1.807, 2.05) is 18.2 Å². The molecule has 2 aromatic rings. The van der Waals surface area contributed by atoms with E-state index in [1.54, 1.807) is 33.3 Å². The van der Waals surface area contributed by atoms with Crippen LogP contribution in [0.4, 0.5) is 0 Å². The number of ether oxygens (including phenoxy) is 4. The first-order chi connectivity index (χ1) is 12.5. The molecule has 0 bridgehead atoms. The third kappa shape index (κ3) is 3.20. The van der Waals surface area contributed by atoms with Gasteiger partial charge in [-0.05, 0) is 36.8 Å². The van der Waals surface area contributed by atoms with Gasteiger partial charge >= 0.3 is 5.97 Å². The van der Waals surface area contributed by atoms with Crippen molar-refractivity contribution < 1.29 is 28.8 Å². The van der Waals surface area contributed by atoms with Gasteiger partial charge in [-0.3, -0.25) is 4.79 Å². The molecule has 2 unspecified atom stereocenters. The lowest BCUT2D eigenvalue weighted by Gasteiger charge is -2.32. The number of hydrogen-bond acceptors (Lipinski definition) is 6. The number of aliphatic hydroxyl groups is 1. The monoisotopic (exact) mass is 358 g/mol. The number of benzene rings is 2. The molecule has 1 aliphatic rings. The van der Waals surface area contributed by atoms with Crippen molar-refractivity contribution in [3.63, 3.8) is 0 Å². The normalized spacial score (nSPS) is 18.5. The van der Waals surface area contributed by atoms with E-state index in [-0.39, 0.29) is 5.92 Å². The molecule has 0 aliphatic carbocycles. The van der Waals surface area contributed by atoms with E-state index in [0.29, 0.717) is 40.7 Å². The first-order valence-corrected chi connectivity index (χ1v) is 8.31. The first-order valence-electron chi connectivity index (χ1n) is 8.31. The molecule has 1 heterocycles. The molecule has 0 radical (unpaired) electrons. The summed E-state index contributed by atoms with van der Waals surface area (Å²) in [4.78, 5) is 11.2. The second-order valence-electron chi connectivity index (χ2n) is 6.18. The molecule has 138 valence electrons. The Bertz CT molecular complexity index is 829. The van der Waals surface area contributed by atoms with E-state index >= 15 is 0 Å². The molecule has 0 amide bonds. The van der Waals surface area contributed by atoms with Gasteiger partial charge in [0, 0.05) is 24.0 Å². The highest BCUT2D eigenvalue weighted by molar-refractivity contribution is 5.70. The summed E-state index contributed by atoms with van der Waals surface area (Å²) in [5.41, 5.74) is 2.26. The summed E-state index contributed by atoms with van der Waals surface area (Å²) >= 11 is 0. The summed E-state index contributed by atoms with van der Waals surface area (Å²) in [5.74, 6) is 1.59. The number of carbonyl (C=O) groups excluding carboxylic acids is 1. The lowest BCUT2D eigenvalue weighted by atomic mass is 9.86. The average Bonchev–Trinajstić information content (AvgIpc) is 2.63. The van der Waals surface area contributed by atoms with Crippen molar-refractivity contribution in [2.45, 2.75) is 25.9 Å². The largest absolute Gasteiger partial charge is 0.493 e. The number of fused-ring (bicyclic) bond motifs is 1. The Morgan fingerprint density at radius 1 is 1.12 bits per heavy atom. The molecule has 0 spiro atoms. The van der Waals surface area contributed by atoms with Crippen molar-refractivity contribution in [3.8, 4) is 23.0 Å². The first kappa shape index (κ1) is 18.1. The lowest BCUT2D eigenvalue weighted by Crippen LogP contribution is -2.25. The smallest absolute Gasteiger partial charge is 0.308 e. The van der Waals surface area contributed by atoms with Crippen molar-refractivity contribution in [3.05, 3.63) is 47.0 Å². The molecule has 3 rings (SSSR count). The zero-order valence-electron chi connectivity index (χ0n) is 15.2. The molecule has 0 saturated carbocycles. The molecule has 0 fully saturated rings. The Kier molecular flexibility index (Phi) is 5.04. The quantitative estimate of drug-likeness (QED) is 0.669. The van der Waals surface area contributed by atoms with Gasteiger partial charge in [0.25, 0.3) is 0 Å². The molecule has 6 heteroatoms. The van der Waals surface area contributed by atoms with Crippen LogP contribution in [-0.4, -0.2) is 31.9 Å². The molecule has 2 atom stereocenters. The van der Waals surface area contributed by atoms with Gasteiger partial charge in [0.1, 0.15) is 11.5 Å². The molecule has 6 nitrogen and oxygen atoms in total. The lowest BCUT2D eigenvalue weighted by molar-refractivity contribution is -0.131. The van der Waals surface area contributed by atoms with Gasteiger partial charge in [-0.25, -0.2) is 0 Å². The summed E-state index contributed by atoms with van der Waals surface area (Å²) in [6.45, 7) is 3.45. The van der Waals surface area contributed by atoms with Crippen LogP contribution in [-0.2, 0) is 4.79 Å². The summed E-state index contributed by atoms with van der Waals surface area (Å²) in [7, 11) is 3.15. The van der Waals surface area contributed by atoms with E-state index < -0.39 is 12.1 Å². The predicted octanol–water partition coefficient (Wildman–Crippen LogP) is 3.15. The maximum absolute atomic E-state index is 11.2. The maximum atomic E-state index is 11.2. The minimum atomic E-state index is -0.748. The molecule has 2 aromatic carbocycles. The minimum Gasteiger partial charge on any atom is -0.493 e. The van der Waals surface area contributed by atoms with Crippen LogP contribution < -0.4 is 18.9 Å². The molecular weight excluding hydrogens is 336 g/mol. The van der Waals surface area contributed by atoms with Crippen LogP contribution in [0.15, 0.2) is 30.3 Å². The van der Waals surface area contributed by atoms with Crippen LogP contribution >= 0.6 is 0 Å². The molecule has 0 saturated heterocycles.